The second kappa shape index (κ2) is 6.58. The molecule has 3 rings (SSSR count). The summed E-state index contributed by atoms with van der Waals surface area (Å²) < 4.78 is 23.3. The number of carbonyl (C=O) groups is 1. The van der Waals surface area contributed by atoms with Crippen LogP contribution < -0.4 is 9.47 Å². The highest BCUT2D eigenvalue weighted by Crippen LogP contribution is 2.35. The maximum atomic E-state index is 11.8. The van der Waals surface area contributed by atoms with Gasteiger partial charge in [0.25, 0.3) is 0 Å². The average Bonchev–Trinajstić information content (AvgIpc) is 2.55. The molecule has 0 saturated carbocycles. The quantitative estimate of drug-likeness (QED) is 0.796. The smallest absolute Gasteiger partial charge is 0.170 e. The van der Waals surface area contributed by atoms with Crippen LogP contribution in [0, 0.1) is 0 Å². The van der Waals surface area contributed by atoms with Gasteiger partial charge in [-0.2, -0.15) is 0 Å². The summed E-state index contributed by atoms with van der Waals surface area (Å²) in [4.78, 5) is 10.5. The van der Waals surface area contributed by atoms with E-state index in [9.17, 15) is 9.00 Å². The molecule has 5 heteroatoms. The van der Waals surface area contributed by atoms with Crippen molar-refractivity contribution >= 4 is 22.8 Å². The van der Waals surface area contributed by atoms with Crippen molar-refractivity contribution in [2.45, 2.75) is 5.75 Å². The van der Waals surface area contributed by atoms with Crippen molar-refractivity contribution in [1.29, 1.82) is 0 Å². The molecule has 112 valence electrons. The summed E-state index contributed by atoms with van der Waals surface area (Å²) >= 11 is 0. The third kappa shape index (κ3) is 3.09. The van der Waals surface area contributed by atoms with Gasteiger partial charge < -0.3 is 14.3 Å². The zero-order chi connectivity index (χ0) is 15.4. The number of para-hydroxylation sites is 2. The second-order valence-corrected chi connectivity index (χ2v) is 6.23. The Bertz CT molecular complexity index is 752. The molecule has 0 amide bonds. The molecule has 0 radical (unpaired) electrons. The van der Waals surface area contributed by atoms with E-state index in [1.54, 1.807) is 6.26 Å². The Hall–Kier alpha value is -2.40. The zero-order valence-electron chi connectivity index (χ0n) is 11.7. The first-order valence-corrected chi connectivity index (χ1v) is 8.27. The SMILES string of the molecule is O=CCS(=O)Cc1ccccc1C1=COc2ccccc2O1. The average molecular weight is 314 g/mol. The molecule has 4 nitrogen and oxygen atoms in total. The molecule has 1 unspecified atom stereocenters. The Morgan fingerprint density at radius 1 is 1.00 bits per heavy atom. The first kappa shape index (κ1) is 14.5. The third-order valence-corrected chi connectivity index (χ3v) is 4.36. The Kier molecular flexibility index (Phi) is 4.34. The lowest BCUT2D eigenvalue weighted by atomic mass is 10.1. The second-order valence-electron chi connectivity index (χ2n) is 4.72. The van der Waals surface area contributed by atoms with Crippen molar-refractivity contribution in [3.63, 3.8) is 0 Å². The minimum absolute atomic E-state index is 0.0353. The van der Waals surface area contributed by atoms with Crippen molar-refractivity contribution in [3.05, 3.63) is 65.9 Å². The molecule has 22 heavy (non-hydrogen) atoms. The van der Waals surface area contributed by atoms with E-state index in [0.29, 0.717) is 29.3 Å². The first-order chi connectivity index (χ1) is 10.8. The Labute approximate surface area is 130 Å². The zero-order valence-corrected chi connectivity index (χ0v) is 12.5. The standard InChI is InChI=1S/C17H14O4S/c18-9-10-22(19)12-13-5-1-2-6-14(13)17-11-20-15-7-3-4-8-16(15)21-17/h1-9,11H,10,12H2. The predicted octanol–water partition coefficient (Wildman–Crippen LogP) is 2.90. The van der Waals surface area contributed by atoms with Crippen molar-refractivity contribution in [1.82, 2.24) is 0 Å². The molecule has 1 aliphatic heterocycles. The van der Waals surface area contributed by atoms with Crippen LogP contribution in [0.15, 0.2) is 54.8 Å². The fourth-order valence-corrected chi connectivity index (χ4v) is 3.07. The van der Waals surface area contributed by atoms with Crippen LogP contribution >= 0.6 is 0 Å². The van der Waals surface area contributed by atoms with Crippen LogP contribution in [0.5, 0.6) is 11.5 Å². The van der Waals surface area contributed by atoms with E-state index < -0.39 is 10.8 Å². The molecule has 0 saturated heterocycles. The molecule has 1 aliphatic rings. The van der Waals surface area contributed by atoms with Crippen LogP contribution in [-0.2, 0) is 21.3 Å². The first-order valence-electron chi connectivity index (χ1n) is 6.78. The Balaban J connectivity index is 1.88. The summed E-state index contributed by atoms with van der Waals surface area (Å²) in [6.07, 6.45) is 2.22. The van der Waals surface area contributed by atoms with Gasteiger partial charge in [0.05, 0.1) is 5.75 Å². The van der Waals surface area contributed by atoms with Gasteiger partial charge in [-0.05, 0) is 17.7 Å². The molecule has 1 heterocycles. The van der Waals surface area contributed by atoms with E-state index in [-0.39, 0.29) is 5.75 Å². The lowest BCUT2D eigenvalue weighted by molar-refractivity contribution is -0.105. The van der Waals surface area contributed by atoms with Crippen LogP contribution in [0.3, 0.4) is 0 Å². The van der Waals surface area contributed by atoms with Crippen LogP contribution in [0.4, 0.5) is 0 Å². The summed E-state index contributed by atoms with van der Waals surface area (Å²) in [5.41, 5.74) is 1.67. The fraction of sp³-hybridized carbons (Fsp3) is 0.118. The number of aldehydes is 1. The van der Waals surface area contributed by atoms with Crippen LogP contribution in [0.1, 0.15) is 11.1 Å². The Morgan fingerprint density at radius 3 is 2.55 bits per heavy atom. The van der Waals surface area contributed by atoms with Gasteiger partial charge in [0, 0.05) is 22.1 Å². The summed E-state index contributed by atoms with van der Waals surface area (Å²) in [6, 6.07) is 14.9. The molecule has 0 bridgehead atoms. The highest BCUT2D eigenvalue weighted by atomic mass is 32.2. The topological polar surface area (TPSA) is 52.6 Å². The summed E-state index contributed by atoms with van der Waals surface area (Å²) in [6.45, 7) is 0. The number of hydrogen-bond acceptors (Lipinski definition) is 4. The molecule has 0 aromatic heterocycles. The molecular weight excluding hydrogens is 300 g/mol. The molecule has 1 atom stereocenters. The van der Waals surface area contributed by atoms with Crippen molar-refractivity contribution in [2.24, 2.45) is 0 Å². The fourth-order valence-electron chi connectivity index (χ4n) is 2.20. The lowest BCUT2D eigenvalue weighted by Crippen LogP contribution is -2.08. The van der Waals surface area contributed by atoms with Gasteiger partial charge in [-0.3, -0.25) is 4.21 Å². The number of rotatable bonds is 5. The molecule has 0 N–H and O–H groups in total. The van der Waals surface area contributed by atoms with Gasteiger partial charge in [0.1, 0.15) is 12.5 Å². The van der Waals surface area contributed by atoms with E-state index >= 15 is 0 Å². The highest BCUT2D eigenvalue weighted by molar-refractivity contribution is 7.84. The van der Waals surface area contributed by atoms with Crippen LogP contribution in [0.2, 0.25) is 0 Å². The largest absolute Gasteiger partial charge is 0.457 e. The van der Waals surface area contributed by atoms with Crippen molar-refractivity contribution in [3.8, 4) is 11.5 Å². The summed E-state index contributed by atoms with van der Waals surface area (Å²) in [5.74, 6) is 2.21. The predicted molar refractivity (Wildman–Crippen MR) is 84.9 cm³/mol. The maximum Gasteiger partial charge on any atom is 0.170 e. The van der Waals surface area contributed by atoms with E-state index in [1.807, 2.05) is 48.5 Å². The molecule has 0 fully saturated rings. The highest BCUT2D eigenvalue weighted by Gasteiger charge is 2.18. The molecule has 0 spiro atoms. The van der Waals surface area contributed by atoms with E-state index in [0.717, 1.165) is 11.1 Å². The van der Waals surface area contributed by atoms with Crippen molar-refractivity contribution in [2.75, 3.05) is 5.75 Å². The van der Waals surface area contributed by atoms with Crippen LogP contribution in [-0.4, -0.2) is 16.2 Å². The molecular formula is C17H14O4S. The van der Waals surface area contributed by atoms with Crippen molar-refractivity contribution < 1.29 is 18.5 Å². The summed E-state index contributed by atoms with van der Waals surface area (Å²) in [7, 11) is -1.22. The number of fused-ring (bicyclic) bond motifs is 1. The maximum absolute atomic E-state index is 11.8. The van der Waals surface area contributed by atoms with Gasteiger partial charge in [0.15, 0.2) is 17.3 Å². The summed E-state index contributed by atoms with van der Waals surface area (Å²) in [5, 5.41) is 0. The number of benzene rings is 2. The minimum Gasteiger partial charge on any atom is -0.457 e. The van der Waals surface area contributed by atoms with E-state index in [4.69, 9.17) is 9.47 Å². The minimum atomic E-state index is -1.22. The van der Waals surface area contributed by atoms with Crippen LogP contribution in [0.25, 0.3) is 5.76 Å². The van der Waals surface area contributed by atoms with Gasteiger partial charge in [-0.25, -0.2) is 0 Å². The molecule has 2 aromatic rings. The van der Waals surface area contributed by atoms with Gasteiger partial charge in [-0.15, -0.1) is 0 Å². The molecule has 2 aromatic carbocycles. The normalized spacial score (nSPS) is 14.1. The monoisotopic (exact) mass is 314 g/mol. The number of ether oxygens (including phenoxy) is 2. The Morgan fingerprint density at radius 2 is 1.73 bits per heavy atom. The lowest BCUT2D eigenvalue weighted by Gasteiger charge is -2.19. The van der Waals surface area contributed by atoms with E-state index in [2.05, 4.69) is 0 Å². The molecule has 0 aliphatic carbocycles. The van der Waals surface area contributed by atoms with E-state index in [1.165, 1.54) is 0 Å². The third-order valence-electron chi connectivity index (χ3n) is 3.22. The van der Waals surface area contributed by atoms with Gasteiger partial charge in [-0.1, -0.05) is 36.4 Å². The van der Waals surface area contributed by atoms with Gasteiger partial charge in [0.2, 0.25) is 0 Å². The van der Waals surface area contributed by atoms with Gasteiger partial charge >= 0.3 is 0 Å². The number of hydrogen-bond donors (Lipinski definition) is 0. The number of carbonyl (C=O) groups excluding carboxylic acids is 1.